The molecule has 0 bridgehead atoms. The van der Waals surface area contributed by atoms with Crippen molar-refractivity contribution in [2.45, 2.75) is 26.3 Å². The van der Waals surface area contributed by atoms with Crippen molar-refractivity contribution in [3.05, 3.63) is 18.0 Å². The van der Waals surface area contributed by atoms with Gasteiger partial charge in [0.1, 0.15) is 0 Å². The summed E-state index contributed by atoms with van der Waals surface area (Å²) in [5.41, 5.74) is 7.09. The van der Waals surface area contributed by atoms with Gasteiger partial charge in [-0.15, -0.1) is 0 Å². The summed E-state index contributed by atoms with van der Waals surface area (Å²) in [6, 6.07) is 1.97. The number of aliphatic imine (C=N–C) groups is 1. The highest BCUT2D eigenvalue weighted by Gasteiger charge is 2.16. The molecule has 17 heavy (non-hydrogen) atoms. The normalized spacial score (nSPS) is 18.7. The van der Waals surface area contributed by atoms with Crippen LogP contribution in [-0.4, -0.2) is 33.7 Å². The van der Waals surface area contributed by atoms with Gasteiger partial charge in [-0.1, -0.05) is 6.92 Å². The van der Waals surface area contributed by atoms with Crippen LogP contribution in [0.4, 0.5) is 0 Å². The summed E-state index contributed by atoms with van der Waals surface area (Å²) in [4.78, 5) is 6.61. The molecule has 0 aliphatic carbocycles. The van der Waals surface area contributed by atoms with E-state index in [1.807, 2.05) is 17.8 Å². The highest BCUT2D eigenvalue weighted by molar-refractivity contribution is 5.78. The Morgan fingerprint density at radius 1 is 1.53 bits per heavy atom. The van der Waals surface area contributed by atoms with Crippen molar-refractivity contribution in [2.75, 3.05) is 13.1 Å². The minimum Gasteiger partial charge on any atom is -0.370 e. The molecule has 0 amide bonds. The zero-order valence-electron chi connectivity index (χ0n) is 10.6. The van der Waals surface area contributed by atoms with Crippen LogP contribution in [0.2, 0.25) is 0 Å². The molecule has 1 aliphatic heterocycles. The number of hydrogen-bond donors (Lipinski definition) is 1. The van der Waals surface area contributed by atoms with Crippen LogP contribution in [-0.2, 0) is 13.6 Å². The van der Waals surface area contributed by atoms with E-state index in [-0.39, 0.29) is 0 Å². The van der Waals surface area contributed by atoms with E-state index in [2.05, 4.69) is 21.9 Å². The van der Waals surface area contributed by atoms with E-state index in [4.69, 9.17) is 5.73 Å². The summed E-state index contributed by atoms with van der Waals surface area (Å²) in [5.74, 6) is 1.48. The Kier molecular flexibility index (Phi) is 3.66. The van der Waals surface area contributed by atoms with Crippen LogP contribution in [0.3, 0.4) is 0 Å². The van der Waals surface area contributed by atoms with Crippen LogP contribution in [0, 0.1) is 5.92 Å². The largest absolute Gasteiger partial charge is 0.370 e. The third-order valence-corrected chi connectivity index (χ3v) is 3.43. The van der Waals surface area contributed by atoms with Gasteiger partial charge in [-0.05, 0) is 24.8 Å². The molecule has 0 atom stereocenters. The molecule has 0 radical (unpaired) electrons. The average molecular weight is 235 g/mol. The molecule has 0 saturated carbocycles. The van der Waals surface area contributed by atoms with Gasteiger partial charge in [0.25, 0.3) is 0 Å². The Bertz CT molecular complexity index is 387. The summed E-state index contributed by atoms with van der Waals surface area (Å²) >= 11 is 0. The topological polar surface area (TPSA) is 59.4 Å². The molecule has 1 fully saturated rings. The number of nitrogens with two attached hydrogens (primary N) is 1. The lowest BCUT2D eigenvalue weighted by Crippen LogP contribution is -2.42. The van der Waals surface area contributed by atoms with E-state index in [1.165, 1.54) is 12.8 Å². The number of aryl methyl sites for hydroxylation is 1. The molecule has 1 aromatic rings. The Balaban J connectivity index is 1.91. The zero-order chi connectivity index (χ0) is 12.3. The third kappa shape index (κ3) is 2.99. The number of hydrogen-bond acceptors (Lipinski definition) is 2. The predicted octanol–water partition coefficient (Wildman–Crippen LogP) is 0.967. The molecule has 2 rings (SSSR count). The fourth-order valence-electron chi connectivity index (χ4n) is 2.06. The van der Waals surface area contributed by atoms with Crippen molar-refractivity contribution in [3.8, 4) is 0 Å². The second-order valence-electron chi connectivity index (χ2n) is 4.79. The third-order valence-electron chi connectivity index (χ3n) is 3.43. The molecule has 0 aromatic carbocycles. The van der Waals surface area contributed by atoms with E-state index >= 15 is 0 Å². The van der Waals surface area contributed by atoms with E-state index < -0.39 is 0 Å². The maximum atomic E-state index is 6.01. The first-order chi connectivity index (χ1) is 8.16. The van der Waals surface area contributed by atoms with Gasteiger partial charge in [-0.3, -0.25) is 4.68 Å². The molecule has 1 aromatic heterocycles. The van der Waals surface area contributed by atoms with E-state index in [0.717, 1.165) is 24.7 Å². The van der Waals surface area contributed by atoms with Gasteiger partial charge in [0.2, 0.25) is 0 Å². The lowest BCUT2D eigenvalue weighted by molar-refractivity contribution is 0.277. The maximum Gasteiger partial charge on any atom is 0.191 e. The van der Waals surface area contributed by atoms with Gasteiger partial charge in [-0.2, -0.15) is 5.10 Å². The molecule has 5 nitrogen and oxygen atoms in total. The average Bonchev–Trinajstić information content (AvgIpc) is 2.73. The minimum absolute atomic E-state index is 0.606. The lowest BCUT2D eigenvalue weighted by atomic mass is 10.00. The number of piperidine rings is 1. The van der Waals surface area contributed by atoms with Crippen LogP contribution in [0.15, 0.2) is 17.3 Å². The molecule has 1 saturated heterocycles. The summed E-state index contributed by atoms with van der Waals surface area (Å²) in [5, 5.41) is 4.11. The number of guanidine groups is 1. The standard InChI is InChI=1S/C12H21N5/c1-10-4-7-17(8-5-10)12(13)14-9-11-3-6-15-16(11)2/h3,6,10H,4-5,7-9H2,1-2H3,(H2,13,14). The van der Waals surface area contributed by atoms with Crippen LogP contribution >= 0.6 is 0 Å². The van der Waals surface area contributed by atoms with Crippen LogP contribution in [0.25, 0.3) is 0 Å². The van der Waals surface area contributed by atoms with Crippen LogP contribution < -0.4 is 5.73 Å². The molecule has 2 heterocycles. The van der Waals surface area contributed by atoms with Crippen LogP contribution in [0.1, 0.15) is 25.5 Å². The highest BCUT2D eigenvalue weighted by atomic mass is 15.3. The van der Waals surface area contributed by atoms with E-state index in [9.17, 15) is 0 Å². The minimum atomic E-state index is 0.606. The van der Waals surface area contributed by atoms with E-state index in [0.29, 0.717) is 12.5 Å². The van der Waals surface area contributed by atoms with Gasteiger partial charge < -0.3 is 10.6 Å². The second-order valence-corrected chi connectivity index (χ2v) is 4.79. The van der Waals surface area contributed by atoms with Crippen molar-refractivity contribution >= 4 is 5.96 Å². The predicted molar refractivity (Wildman–Crippen MR) is 68.5 cm³/mol. The molecule has 1 aliphatic rings. The lowest BCUT2D eigenvalue weighted by Gasteiger charge is -2.31. The summed E-state index contributed by atoms with van der Waals surface area (Å²) in [6.45, 7) is 4.96. The first-order valence-corrected chi connectivity index (χ1v) is 6.18. The first-order valence-electron chi connectivity index (χ1n) is 6.18. The number of nitrogens with zero attached hydrogens (tertiary/aromatic N) is 4. The van der Waals surface area contributed by atoms with Crippen molar-refractivity contribution in [3.63, 3.8) is 0 Å². The van der Waals surface area contributed by atoms with Gasteiger partial charge in [-0.25, -0.2) is 4.99 Å². The molecular weight excluding hydrogens is 214 g/mol. The van der Waals surface area contributed by atoms with Crippen LogP contribution in [0.5, 0.6) is 0 Å². The van der Waals surface area contributed by atoms with Gasteiger partial charge in [0.05, 0.1) is 12.2 Å². The fourth-order valence-corrected chi connectivity index (χ4v) is 2.06. The Morgan fingerprint density at radius 2 is 2.24 bits per heavy atom. The van der Waals surface area contributed by atoms with Crippen molar-refractivity contribution in [2.24, 2.45) is 23.7 Å². The van der Waals surface area contributed by atoms with Gasteiger partial charge in [0.15, 0.2) is 5.96 Å². The fraction of sp³-hybridized carbons (Fsp3) is 0.667. The SMILES string of the molecule is CC1CCN(C(N)=NCc2ccnn2C)CC1. The highest BCUT2D eigenvalue weighted by Crippen LogP contribution is 2.15. The molecule has 2 N–H and O–H groups in total. The number of likely N-dealkylation sites (tertiary alicyclic amines) is 1. The van der Waals surface area contributed by atoms with Gasteiger partial charge >= 0.3 is 0 Å². The summed E-state index contributed by atoms with van der Waals surface area (Å²) in [7, 11) is 1.92. The molecular formula is C12H21N5. The second kappa shape index (κ2) is 5.21. The Morgan fingerprint density at radius 3 is 2.82 bits per heavy atom. The Hall–Kier alpha value is -1.52. The summed E-state index contributed by atoms with van der Waals surface area (Å²) < 4.78 is 1.83. The van der Waals surface area contributed by atoms with Crippen molar-refractivity contribution in [1.29, 1.82) is 0 Å². The van der Waals surface area contributed by atoms with Crippen molar-refractivity contribution in [1.82, 2.24) is 14.7 Å². The van der Waals surface area contributed by atoms with Gasteiger partial charge in [0, 0.05) is 26.3 Å². The Labute approximate surface area is 102 Å². The number of aromatic nitrogens is 2. The quantitative estimate of drug-likeness (QED) is 0.613. The zero-order valence-corrected chi connectivity index (χ0v) is 10.6. The molecule has 0 unspecified atom stereocenters. The van der Waals surface area contributed by atoms with Crippen molar-refractivity contribution < 1.29 is 0 Å². The number of rotatable bonds is 2. The maximum absolute atomic E-state index is 6.01. The first kappa shape index (κ1) is 12.0. The monoisotopic (exact) mass is 235 g/mol. The molecule has 94 valence electrons. The summed E-state index contributed by atoms with van der Waals surface area (Å²) in [6.07, 6.45) is 4.20. The molecule has 5 heteroatoms. The van der Waals surface area contributed by atoms with E-state index in [1.54, 1.807) is 6.20 Å². The molecule has 0 spiro atoms. The smallest absolute Gasteiger partial charge is 0.191 e.